The Morgan fingerprint density at radius 3 is 2.06 bits per heavy atom. The summed E-state index contributed by atoms with van der Waals surface area (Å²) in [6.45, 7) is 12.2. The second-order valence-corrected chi connectivity index (χ2v) is 8.73. The zero-order valence-corrected chi connectivity index (χ0v) is 20.4. The van der Waals surface area contributed by atoms with Gasteiger partial charge in [-0.3, -0.25) is 0 Å². The minimum absolute atomic E-state index is 0.208. The van der Waals surface area contributed by atoms with E-state index in [0.29, 0.717) is 24.5 Å². The van der Waals surface area contributed by atoms with Crippen molar-refractivity contribution in [3.63, 3.8) is 0 Å². The van der Waals surface area contributed by atoms with Crippen LogP contribution in [0.5, 0.6) is 0 Å². The number of rotatable bonds is 14. The molecule has 0 spiro atoms. The lowest BCUT2D eigenvalue weighted by atomic mass is 10.0. The molecule has 4 nitrogen and oxygen atoms in total. The Labute approximate surface area is 194 Å². The molecule has 0 fully saturated rings. The summed E-state index contributed by atoms with van der Waals surface area (Å²) in [4.78, 5) is 25.4. The molecule has 32 heavy (non-hydrogen) atoms. The van der Waals surface area contributed by atoms with E-state index in [0.717, 1.165) is 19.3 Å². The van der Waals surface area contributed by atoms with E-state index in [9.17, 15) is 9.59 Å². The Hall–Kier alpha value is -2.54. The monoisotopic (exact) mass is 440 g/mol. The van der Waals surface area contributed by atoms with Crippen LogP contribution >= 0.6 is 0 Å². The van der Waals surface area contributed by atoms with Crippen molar-refractivity contribution < 1.29 is 19.1 Å². The minimum atomic E-state index is -0.564. The topological polar surface area (TPSA) is 52.6 Å². The molecule has 0 radical (unpaired) electrons. The Kier molecular flexibility index (Phi) is 13.9. The maximum atomic E-state index is 12.8. The summed E-state index contributed by atoms with van der Waals surface area (Å²) in [7, 11) is 0. The first kappa shape index (κ1) is 27.5. The number of ether oxygens (including phenoxy) is 2. The van der Waals surface area contributed by atoms with Crippen molar-refractivity contribution in [1.29, 1.82) is 0 Å². The molecule has 0 bridgehead atoms. The largest absolute Gasteiger partial charge is 0.462 e. The second kappa shape index (κ2) is 16.1. The van der Waals surface area contributed by atoms with Crippen LogP contribution in [0.25, 0.3) is 0 Å². The van der Waals surface area contributed by atoms with Gasteiger partial charge in [0.25, 0.3) is 0 Å². The van der Waals surface area contributed by atoms with Crippen molar-refractivity contribution in [1.82, 2.24) is 0 Å². The smallest absolute Gasteiger partial charge is 0.340 e. The van der Waals surface area contributed by atoms with Gasteiger partial charge in [-0.05, 0) is 43.4 Å². The molecule has 1 unspecified atom stereocenters. The zero-order valence-electron chi connectivity index (χ0n) is 20.4. The number of esters is 2. The highest BCUT2D eigenvalue weighted by Gasteiger charge is 2.22. The van der Waals surface area contributed by atoms with Gasteiger partial charge in [-0.25, -0.2) is 9.59 Å². The van der Waals surface area contributed by atoms with Gasteiger partial charge in [-0.15, -0.1) is 0 Å². The minimum Gasteiger partial charge on any atom is -0.462 e. The normalized spacial score (nSPS) is 11.4. The van der Waals surface area contributed by atoms with Gasteiger partial charge in [-0.1, -0.05) is 96.3 Å². The summed E-state index contributed by atoms with van der Waals surface area (Å²) in [5.74, 6) is 5.10. The number of carbonyl (C=O) groups excluding carboxylic acids is 2. The van der Waals surface area contributed by atoms with Crippen LogP contribution in [0, 0.1) is 17.8 Å². The third-order valence-corrected chi connectivity index (χ3v) is 4.98. The molecule has 0 heterocycles. The SMILES string of the molecule is C=C(C)C#CC(CC(C)C)OC(=O)c1ccccc1C(=O)OCCCCCCCCCC. The fraction of sp³-hybridized carbons (Fsp3) is 0.571. The third-order valence-electron chi connectivity index (χ3n) is 4.98. The average Bonchev–Trinajstić information content (AvgIpc) is 2.75. The Morgan fingerprint density at radius 1 is 0.938 bits per heavy atom. The predicted molar refractivity (Wildman–Crippen MR) is 131 cm³/mol. The molecule has 0 saturated heterocycles. The van der Waals surface area contributed by atoms with Crippen LogP contribution in [0.3, 0.4) is 0 Å². The fourth-order valence-electron chi connectivity index (χ4n) is 3.28. The Balaban J connectivity index is 2.62. The number of carbonyl (C=O) groups is 2. The molecule has 1 aromatic carbocycles. The van der Waals surface area contributed by atoms with Gasteiger partial charge in [0, 0.05) is 0 Å². The first-order valence-corrected chi connectivity index (χ1v) is 12.0. The second-order valence-electron chi connectivity index (χ2n) is 8.73. The van der Waals surface area contributed by atoms with Crippen molar-refractivity contribution in [2.45, 2.75) is 91.6 Å². The highest BCUT2D eigenvalue weighted by Crippen LogP contribution is 2.16. The molecule has 176 valence electrons. The van der Waals surface area contributed by atoms with Gasteiger partial charge in [0.15, 0.2) is 6.10 Å². The molecular formula is C28H40O4. The number of benzene rings is 1. The van der Waals surface area contributed by atoms with Gasteiger partial charge in [0.1, 0.15) is 0 Å². The number of allylic oxidation sites excluding steroid dienone is 1. The lowest BCUT2D eigenvalue weighted by Crippen LogP contribution is -2.21. The standard InChI is InChI=1S/C28H40O4/c1-6-7-8-9-10-11-12-15-20-31-27(29)25-16-13-14-17-26(25)28(30)32-24(21-23(4)5)19-18-22(2)3/h13-14,16-17,23-24H,2,6-12,15,20-21H2,1,3-5H3. The molecule has 1 rings (SSSR count). The van der Waals surface area contributed by atoms with Crippen LogP contribution < -0.4 is 0 Å². The first-order valence-electron chi connectivity index (χ1n) is 12.0. The van der Waals surface area contributed by atoms with E-state index < -0.39 is 18.0 Å². The fourth-order valence-corrected chi connectivity index (χ4v) is 3.28. The van der Waals surface area contributed by atoms with E-state index in [-0.39, 0.29) is 11.1 Å². The first-order chi connectivity index (χ1) is 15.3. The van der Waals surface area contributed by atoms with Crippen LogP contribution in [-0.4, -0.2) is 24.6 Å². The summed E-state index contributed by atoms with van der Waals surface area (Å²) < 4.78 is 11.1. The summed E-state index contributed by atoms with van der Waals surface area (Å²) >= 11 is 0. The van der Waals surface area contributed by atoms with E-state index in [1.807, 2.05) is 13.8 Å². The van der Waals surface area contributed by atoms with Gasteiger partial charge < -0.3 is 9.47 Å². The van der Waals surface area contributed by atoms with Crippen LogP contribution in [-0.2, 0) is 9.47 Å². The molecule has 0 amide bonds. The lowest BCUT2D eigenvalue weighted by molar-refractivity contribution is 0.0360. The molecule has 4 heteroatoms. The van der Waals surface area contributed by atoms with Gasteiger partial charge in [0.05, 0.1) is 17.7 Å². The molecule has 1 aromatic rings. The molecule has 1 atom stereocenters. The Bertz CT molecular complexity index is 782. The third kappa shape index (κ3) is 11.7. The van der Waals surface area contributed by atoms with Crippen LogP contribution in [0.1, 0.15) is 106 Å². The highest BCUT2D eigenvalue weighted by molar-refractivity contribution is 6.03. The average molecular weight is 441 g/mol. The number of unbranched alkanes of at least 4 members (excludes halogenated alkanes) is 7. The van der Waals surface area contributed by atoms with Crippen molar-refractivity contribution in [3.05, 3.63) is 47.5 Å². The molecule has 0 aliphatic rings. The summed E-state index contributed by atoms with van der Waals surface area (Å²) in [6, 6.07) is 6.62. The molecule has 0 saturated carbocycles. The number of hydrogen-bond donors (Lipinski definition) is 0. The zero-order chi connectivity index (χ0) is 23.8. The van der Waals surface area contributed by atoms with E-state index in [2.05, 4.69) is 25.3 Å². The van der Waals surface area contributed by atoms with E-state index in [4.69, 9.17) is 9.47 Å². The van der Waals surface area contributed by atoms with Crippen molar-refractivity contribution >= 4 is 11.9 Å². The van der Waals surface area contributed by atoms with E-state index in [1.54, 1.807) is 31.2 Å². The number of hydrogen-bond acceptors (Lipinski definition) is 4. The van der Waals surface area contributed by atoms with Crippen molar-refractivity contribution in [2.24, 2.45) is 5.92 Å². The summed E-state index contributed by atoms with van der Waals surface area (Å²) in [5, 5.41) is 0. The maximum Gasteiger partial charge on any atom is 0.340 e. The Morgan fingerprint density at radius 2 is 1.50 bits per heavy atom. The van der Waals surface area contributed by atoms with Crippen LogP contribution in [0.15, 0.2) is 36.4 Å². The summed E-state index contributed by atoms with van der Waals surface area (Å²) in [6.07, 6.45) is 9.45. The molecular weight excluding hydrogens is 400 g/mol. The highest BCUT2D eigenvalue weighted by atomic mass is 16.5. The van der Waals surface area contributed by atoms with Crippen LogP contribution in [0.2, 0.25) is 0 Å². The van der Waals surface area contributed by atoms with Crippen LogP contribution in [0.4, 0.5) is 0 Å². The van der Waals surface area contributed by atoms with E-state index >= 15 is 0 Å². The predicted octanol–water partition coefficient (Wildman–Crippen LogP) is 7.14. The summed E-state index contributed by atoms with van der Waals surface area (Å²) in [5.41, 5.74) is 1.15. The lowest BCUT2D eigenvalue weighted by Gasteiger charge is -2.16. The molecule has 0 aliphatic heterocycles. The van der Waals surface area contributed by atoms with Crippen molar-refractivity contribution in [3.8, 4) is 11.8 Å². The molecule has 0 aromatic heterocycles. The van der Waals surface area contributed by atoms with E-state index in [1.165, 1.54) is 32.1 Å². The maximum absolute atomic E-state index is 12.8. The van der Waals surface area contributed by atoms with Gasteiger partial charge in [-0.2, -0.15) is 0 Å². The van der Waals surface area contributed by atoms with Gasteiger partial charge >= 0.3 is 11.9 Å². The van der Waals surface area contributed by atoms with Gasteiger partial charge in [0.2, 0.25) is 0 Å². The molecule has 0 aliphatic carbocycles. The quantitative estimate of drug-likeness (QED) is 0.175. The molecule has 0 N–H and O–H groups in total. The van der Waals surface area contributed by atoms with Crippen molar-refractivity contribution in [2.75, 3.05) is 6.61 Å².